The predicted molar refractivity (Wildman–Crippen MR) is 87.7 cm³/mol. The van der Waals surface area contributed by atoms with Gasteiger partial charge in [0, 0.05) is 4.47 Å². The summed E-state index contributed by atoms with van der Waals surface area (Å²) in [6, 6.07) is 14.1. The summed E-state index contributed by atoms with van der Waals surface area (Å²) in [5, 5.41) is 4.21. The van der Waals surface area contributed by atoms with Crippen LogP contribution in [0.25, 0.3) is 0 Å². The Balaban J connectivity index is 2.47. The first-order valence-corrected chi connectivity index (χ1v) is 7.65. The highest BCUT2D eigenvalue weighted by Gasteiger charge is 2.17. The van der Waals surface area contributed by atoms with E-state index in [0.29, 0.717) is 0 Å². The second kappa shape index (κ2) is 7.11. The zero-order valence-electron chi connectivity index (χ0n) is 11.5. The van der Waals surface area contributed by atoms with Crippen LogP contribution in [0.5, 0.6) is 5.75 Å². The van der Waals surface area contributed by atoms with Gasteiger partial charge < -0.3 is 10.1 Å². The zero-order valence-corrected chi connectivity index (χ0v) is 13.8. The standard InChI is InChI=1S/C16H17BrClNO/c1-3-19-16(11-6-4-7-12(10-11)20-2)13-8-5-9-14(17)15(13)18/h4-10,16,19H,3H2,1-2H3. The maximum Gasteiger partial charge on any atom is 0.119 e. The fourth-order valence-electron chi connectivity index (χ4n) is 2.18. The Labute approximate surface area is 133 Å². The molecule has 0 fully saturated rings. The molecule has 0 amide bonds. The molecular formula is C16H17BrClNO. The van der Waals surface area contributed by atoms with Crippen LogP contribution in [0.4, 0.5) is 0 Å². The number of hydrogen-bond acceptors (Lipinski definition) is 2. The summed E-state index contributed by atoms with van der Waals surface area (Å²) >= 11 is 9.91. The molecule has 0 aliphatic carbocycles. The molecule has 0 radical (unpaired) electrons. The monoisotopic (exact) mass is 353 g/mol. The molecular weight excluding hydrogens is 338 g/mol. The van der Waals surface area contributed by atoms with Crippen molar-refractivity contribution in [3.63, 3.8) is 0 Å². The summed E-state index contributed by atoms with van der Waals surface area (Å²) in [5.74, 6) is 0.844. The average Bonchev–Trinajstić information content (AvgIpc) is 2.48. The maximum absolute atomic E-state index is 6.43. The molecule has 0 aliphatic heterocycles. The number of nitrogens with one attached hydrogen (secondary N) is 1. The van der Waals surface area contributed by atoms with Crippen molar-refractivity contribution in [2.45, 2.75) is 13.0 Å². The average molecular weight is 355 g/mol. The maximum atomic E-state index is 6.43. The molecule has 1 unspecified atom stereocenters. The van der Waals surface area contributed by atoms with Crippen molar-refractivity contribution >= 4 is 27.5 Å². The number of hydrogen-bond donors (Lipinski definition) is 1. The molecule has 0 heterocycles. The molecule has 0 aromatic heterocycles. The van der Waals surface area contributed by atoms with Gasteiger partial charge in [0.15, 0.2) is 0 Å². The summed E-state index contributed by atoms with van der Waals surface area (Å²) in [6.07, 6.45) is 0. The van der Waals surface area contributed by atoms with Gasteiger partial charge in [-0.3, -0.25) is 0 Å². The summed E-state index contributed by atoms with van der Waals surface area (Å²) in [4.78, 5) is 0. The first-order chi connectivity index (χ1) is 9.67. The van der Waals surface area contributed by atoms with E-state index in [9.17, 15) is 0 Å². The van der Waals surface area contributed by atoms with Gasteiger partial charge in [-0.25, -0.2) is 0 Å². The van der Waals surface area contributed by atoms with Crippen LogP contribution in [0.3, 0.4) is 0 Å². The second-order valence-electron chi connectivity index (χ2n) is 4.41. The van der Waals surface area contributed by atoms with Gasteiger partial charge in [-0.2, -0.15) is 0 Å². The van der Waals surface area contributed by atoms with E-state index in [4.69, 9.17) is 16.3 Å². The molecule has 2 aromatic rings. The SMILES string of the molecule is CCNC(c1cccc(OC)c1)c1cccc(Br)c1Cl. The highest BCUT2D eigenvalue weighted by atomic mass is 79.9. The molecule has 2 rings (SSSR count). The van der Waals surface area contributed by atoms with Gasteiger partial charge in [0.1, 0.15) is 5.75 Å². The number of rotatable bonds is 5. The topological polar surface area (TPSA) is 21.3 Å². The van der Waals surface area contributed by atoms with E-state index in [-0.39, 0.29) is 6.04 Å². The van der Waals surface area contributed by atoms with Crippen molar-refractivity contribution in [3.05, 3.63) is 63.1 Å². The van der Waals surface area contributed by atoms with Gasteiger partial charge in [0.2, 0.25) is 0 Å². The fourth-order valence-corrected chi connectivity index (χ4v) is 2.79. The third-order valence-corrected chi connectivity index (χ3v) is 4.44. The van der Waals surface area contributed by atoms with Crippen molar-refractivity contribution in [1.82, 2.24) is 5.32 Å². The Kier molecular flexibility index (Phi) is 5.46. The number of benzene rings is 2. The van der Waals surface area contributed by atoms with Crippen LogP contribution in [0.2, 0.25) is 5.02 Å². The molecule has 2 aromatic carbocycles. The van der Waals surface area contributed by atoms with Crippen LogP contribution in [-0.4, -0.2) is 13.7 Å². The molecule has 1 atom stereocenters. The molecule has 2 nitrogen and oxygen atoms in total. The van der Waals surface area contributed by atoms with Crippen molar-refractivity contribution in [2.24, 2.45) is 0 Å². The Morgan fingerprint density at radius 1 is 1.25 bits per heavy atom. The van der Waals surface area contributed by atoms with Crippen LogP contribution in [0.15, 0.2) is 46.9 Å². The first kappa shape index (κ1) is 15.4. The molecule has 0 aliphatic rings. The Bertz CT molecular complexity index is 588. The number of methoxy groups -OCH3 is 1. The minimum atomic E-state index is 0.0418. The van der Waals surface area contributed by atoms with Crippen LogP contribution in [0, 0.1) is 0 Å². The lowest BCUT2D eigenvalue weighted by Crippen LogP contribution is -2.22. The molecule has 0 saturated carbocycles. The Hall–Kier alpha value is -1.03. The normalized spacial score (nSPS) is 12.2. The predicted octanol–water partition coefficient (Wildman–Crippen LogP) is 4.81. The van der Waals surface area contributed by atoms with E-state index in [1.165, 1.54) is 0 Å². The first-order valence-electron chi connectivity index (χ1n) is 6.48. The summed E-state index contributed by atoms with van der Waals surface area (Å²) in [6.45, 7) is 2.93. The smallest absolute Gasteiger partial charge is 0.119 e. The van der Waals surface area contributed by atoms with Crippen LogP contribution in [-0.2, 0) is 0 Å². The summed E-state index contributed by atoms with van der Waals surface area (Å²) in [5.41, 5.74) is 2.18. The fraction of sp³-hybridized carbons (Fsp3) is 0.250. The zero-order chi connectivity index (χ0) is 14.5. The second-order valence-corrected chi connectivity index (χ2v) is 5.64. The van der Waals surface area contributed by atoms with Crippen LogP contribution in [0.1, 0.15) is 24.1 Å². The van der Waals surface area contributed by atoms with Gasteiger partial charge in [-0.05, 0) is 51.8 Å². The van der Waals surface area contributed by atoms with E-state index in [1.54, 1.807) is 7.11 Å². The van der Waals surface area contributed by atoms with Crippen molar-refractivity contribution in [2.75, 3.05) is 13.7 Å². The van der Waals surface area contributed by atoms with Crippen LogP contribution < -0.4 is 10.1 Å². The van der Waals surface area contributed by atoms with E-state index in [2.05, 4.69) is 34.2 Å². The van der Waals surface area contributed by atoms with Crippen molar-refractivity contribution in [1.29, 1.82) is 0 Å². The third kappa shape index (κ3) is 3.35. The number of halogens is 2. The minimum Gasteiger partial charge on any atom is -0.497 e. The quantitative estimate of drug-likeness (QED) is 0.832. The molecule has 0 spiro atoms. The Morgan fingerprint density at radius 3 is 2.70 bits per heavy atom. The van der Waals surface area contributed by atoms with E-state index < -0.39 is 0 Å². The number of ether oxygens (including phenoxy) is 1. The molecule has 4 heteroatoms. The third-order valence-electron chi connectivity index (χ3n) is 3.13. The summed E-state index contributed by atoms with van der Waals surface area (Å²) < 4.78 is 6.21. The van der Waals surface area contributed by atoms with Gasteiger partial charge in [-0.1, -0.05) is 42.8 Å². The van der Waals surface area contributed by atoms with Crippen molar-refractivity contribution < 1.29 is 4.74 Å². The Morgan fingerprint density at radius 2 is 2.00 bits per heavy atom. The van der Waals surface area contributed by atoms with Gasteiger partial charge in [0.25, 0.3) is 0 Å². The highest BCUT2D eigenvalue weighted by Crippen LogP contribution is 2.34. The van der Waals surface area contributed by atoms with E-state index >= 15 is 0 Å². The minimum absolute atomic E-state index is 0.0418. The molecule has 1 N–H and O–H groups in total. The molecule has 20 heavy (non-hydrogen) atoms. The van der Waals surface area contributed by atoms with E-state index in [1.807, 2.05) is 36.4 Å². The lowest BCUT2D eigenvalue weighted by molar-refractivity contribution is 0.413. The highest BCUT2D eigenvalue weighted by molar-refractivity contribution is 9.10. The largest absolute Gasteiger partial charge is 0.497 e. The summed E-state index contributed by atoms with van der Waals surface area (Å²) in [7, 11) is 1.67. The van der Waals surface area contributed by atoms with Crippen molar-refractivity contribution in [3.8, 4) is 5.75 Å². The lowest BCUT2D eigenvalue weighted by Gasteiger charge is -2.21. The van der Waals surface area contributed by atoms with E-state index in [0.717, 1.165) is 32.9 Å². The molecule has 0 bridgehead atoms. The van der Waals surface area contributed by atoms with Gasteiger partial charge in [-0.15, -0.1) is 0 Å². The lowest BCUT2D eigenvalue weighted by atomic mass is 9.98. The van der Waals surface area contributed by atoms with Gasteiger partial charge in [0.05, 0.1) is 18.2 Å². The molecule has 106 valence electrons. The molecule has 0 saturated heterocycles. The van der Waals surface area contributed by atoms with Crippen LogP contribution >= 0.6 is 27.5 Å². The van der Waals surface area contributed by atoms with Gasteiger partial charge >= 0.3 is 0 Å².